The van der Waals surface area contributed by atoms with E-state index >= 15 is 0 Å². The van der Waals surface area contributed by atoms with Gasteiger partial charge in [0, 0.05) is 31.2 Å². The van der Waals surface area contributed by atoms with Crippen molar-refractivity contribution in [1.82, 2.24) is 0 Å². The van der Waals surface area contributed by atoms with Crippen molar-refractivity contribution in [1.29, 1.82) is 0 Å². The van der Waals surface area contributed by atoms with Crippen molar-refractivity contribution in [3.8, 4) is 11.5 Å². The molecule has 0 aliphatic carbocycles. The van der Waals surface area contributed by atoms with Gasteiger partial charge in [-0.05, 0) is 56.5 Å². The lowest BCUT2D eigenvalue weighted by Crippen LogP contribution is -2.29. The Labute approximate surface area is 202 Å². The Balaban J connectivity index is 0.000000203. The van der Waals surface area contributed by atoms with Crippen molar-refractivity contribution in [2.24, 2.45) is 0 Å². The van der Waals surface area contributed by atoms with E-state index in [1.165, 1.54) is 30.7 Å². The molecule has 0 saturated heterocycles. The largest absolute Gasteiger partial charge is 0.490 e. The van der Waals surface area contributed by atoms with E-state index < -0.39 is 17.0 Å². The van der Waals surface area contributed by atoms with E-state index in [2.05, 4.69) is 12.2 Å². The molecular weight excluding hydrogens is 456 g/mol. The molecule has 0 saturated carbocycles. The number of ketones is 1. The van der Waals surface area contributed by atoms with Crippen LogP contribution in [0, 0.1) is 10.1 Å². The number of nitrogens with one attached hydrogen (secondary N) is 1. The lowest BCUT2D eigenvalue weighted by atomic mass is 9.98. The normalized spacial score (nSPS) is 17.9. The smallest absolute Gasteiger partial charge is 0.309 e. The maximum absolute atomic E-state index is 12.0. The molecule has 1 N–H and O–H groups in total. The number of fused-ring (bicyclic) bond motifs is 2. The lowest BCUT2D eigenvalue weighted by Gasteiger charge is -2.24. The van der Waals surface area contributed by atoms with Crippen molar-refractivity contribution in [2.45, 2.75) is 58.7 Å². The van der Waals surface area contributed by atoms with E-state index in [0.717, 1.165) is 24.3 Å². The molecular formula is C25H28N2O8. The van der Waals surface area contributed by atoms with Gasteiger partial charge >= 0.3 is 5.97 Å². The molecule has 2 heterocycles. The number of nitro benzene ring substituents is 1. The second kappa shape index (κ2) is 11.5. The number of anilines is 1. The van der Waals surface area contributed by atoms with Crippen molar-refractivity contribution < 1.29 is 33.5 Å². The molecule has 1 amide bonds. The number of carbonyl (C=O) groups is 3. The zero-order valence-electron chi connectivity index (χ0n) is 19.9. The Hall–Kier alpha value is -3.95. The molecule has 4 rings (SSSR count). The Bertz CT molecular complexity index is 1130. The monoisotopic (exact) mass is 484 g/mol. The molecule has 0 unspecified atom stereocenters. The van der Waals surface area contributed by atoms with Crippen LogP contribution in [-0.4, -0.2) is 41.4 Å². The third-order valence-electron chi connectivity index (χ3n) is 5.41. The minimum absolute atomic E-state index is 0.00693. The summed E-state index contributed by atoms with van der Waals surface area (Å²) in [5.74, 6) is 0.462. The molecule has 2 atom stereocenters. The fourth-order valence-corrected chi connectivity index (χ4v) is 3.82. The van der Waals surface area contributed by atoms with Gasteiger partial charge in [0.15, 0.2) is 5.78 Å². The SMILES string of the molecule is CC(=O)Nc1ccc2c(c1)CC[C@@H](C)O2.CCOC(=O)C[C@@H]1CC(=O)c2cc([N+](=O)[O-])ccc2O1. The predicted molar refractivity (Wildman–Crippen MR) is 127 cm³/mol. The molecule has 186 valence electrons. The fraction of sp³-hybridized carbons (Fsp3) is 0.400. The quantitative estimate of drug-likeness (QED) is 0.378. The molecule has 10 heteroatoms. The van der Waals surface area contributed by atoms with E-state index in [-0.39, 0.29) is 48.1 Å². The summed E-state index contributed by atoms with van der Waals surface area (Å²) in [6.45, 7) is 5.55. The van der Waals surface area contributed by atoms with Crippen LogP contribution in [0.25, 0.3) is 0 Å². The fourth-order valence-electron chi connectivity index (χ4n) is 3.82. The second-order valence-electron chi connectivity index (χ2n) is 8.28. The number of non-ortho nitro benzene ring substituents is 1. The number of nitro groups is 1. The number of carbonyl (C=O) groups excluding carboxylic acids is 3. The highest BCUT2D eigenvalue weighted by Gasteiger charge is 2.30. The summed E-state index contributed by atoms with van der Waals surface area (Å²) in [6.07, 6.45) is 1.75. The number of hydrogen-bond donors (Lipinski definition) is 1. The van der Waals surface area contributed by atoms with Gasteiger partial charge in [-0.1, -0.05) is 0 Å². The standard InChI is InChI=1S/C13H13NO6.C12H15NO2/c1-2-19-13(16)7-9-6-11(15)10-5-8(14(17)18)3-4-12(10)20-9;1-8-3-4-10-7-11(13-9(2)14)5-6-12(10)15-8/h3-5,9H,2,6-7H2,1H3;5-8H,3-4H2,1-2H3,(H,13,14)/t9-;8-/m01/s1. The highest BCUT2D eigenvalue weighted by molar-refractivity contribution is 6.00. The van der Waals surface area contributed by atoms with Crippen molar-refractivity contribution >= 4 is 29.0 Å². The Kier molecular flexibility index (Phi) is 8.40. The molecule has 0 aromatic heterocycles. The molecule has 0 bridgehead atoms. The van der Waals surface area contributed by atoms with Gasteiger partial charge in [0.2, 0.25) is 5.91 Å². The van der Waals surface area contributed by atoms with Crippen LogP contribution in [0.15, 0.2) is 36.4 Å². The Morgan fingerprint density at radius 3 is 2.60 bits per heavy atom. The van der Waals surface area contributed by atoms with Crippen molar-refractivity contribution in [3.63, 3.8) is 0 Å². The highest BCUT2D eigenvalue weighted by atomic mass is 16.6. The topological polar surface area (TPSA) is 134 Å². The van der Waals surface area contributed by atoms with Gasteiger partial charge in [-0.2, -0.15) is 0 Å². The van der Waals surface area contributed by atoms with Gasteiger partial charge < -0.3 is 19.5 Å². The minimum Gasteiger partial charge on any atom is -0.490 e. The first-order chi connectivity index (χ1) is 16.7. The van der Waals surface area contributed by atoms with E-state index in [1.54, 1.807) is 6.92 Å². The summed E-state index contributed by atoms with van der Waals surface area (Å²) >= 11 is 0. The van der Waals surface area contributed by atoms with Crippen molar-refractivity contribution in [2.75, 3.05) is 11.9 Å². The first-order valence-corrected chi connectivity index (χ1v) is 11.4. The van der Waals surface area contributed by atoms with Gasteiger partial charge in [0.05, 0.1) is 29.6 Å². The van der Waals surface area contributed by atoms with Crippen LogP contribution < -0.4 is 14.8 Å². The number of esters is 1. The van der Waals surface area contributed by atoms with Crippen molar-refractivity contribution in [3.05, 3.63) is 57.6 Å². The summed E-state index contributed by atoms with van der Waals surface area (Å²) in [6, 6.07) is 9.62. The number of hydrogen-bond acceptors (Lipinski definition) is 8. The van der Waals surface area contributed by atoms with E-state index in [0.29, 0.717) is 6.10 Å². The lowest BCUT2D eigenvalue weighted by molar-refractivity contribution is -0.384. The average molecular weight is 485 g/mol. The molecule has 0 spiro atoms. The highest BCUT2D eigenvalue weighted by Crippen LogP contribution is 2.32. The van der Waals surface area contributed by atoms with Crippen LogP contribution in [0.3, 0.4) is 0 Å². The molecule has 0 fully saturated rings. The zero-order chi connectivity index (χ0) is 25.5. The van der Waals surface area contributed by atoms with E-state index in [1.807, 2.05) is 18.2 Å². The molecule has 35 heavy (non-hydrogen) atoms. The Morgan fingerprint density at radius 1 is 1.17 bits per heavy atom. The number of aryl methyl sites for hydroxylation is 1. The number of amides is 1. The third kappa shape index (κ3) is 7.02. The van der Waals surface area contributed by atoms with Crippen LogP contribution >= 0.6 is 0 Å². The van der Waals surface area contributed by atoms with E-state index in [9.17, 15) is 24.5 Å². The second-order valence-corrected chi connectivity index (χ2v) is 8.28. The summed E-state index contributed by atoms with van der Waals surface area (Å²) in [5, 5.41) is 13.4. The summed E-state index contributed by atoms with van der Waals surface area (Å²) < 4.78 is 16.0. The zero-order valence-corrected chi connectivity index (χ0v) is 19.9. The number of nitrogens with zero attached hydrogens (tertiary/aromatic N) is 1. The van der Waals surface area contributed by atoms with Crippen LogP contribution in [0.4, 0.5) is 11.4 Å². The molecule has 10 nitrogen and oxygen atoms in total. The maximum atomic E-state index is 12.0. The third-order valence-corrected chi connectivity index (χ3v) is 5.41. The Morgan fingerprint density at radius 2 is 1.91 bits per heavy atom. The predicted octanol–water partition coefficient (Wildman–Crippen LogP) is 4.24. The van der Waals surface area contributed by atoms with Crippen LogP contribution in [0.2, 0.25) is 0 Å². The van der Waals surface area contributed by atoms with Gasteiger partial charge in [-0.25, -0.2) is 0 Å². The summed E-state index contributed by atoms with van der Waals surface area (Å²) in [4.78, 5) is 44.3. The molecule has 2 aliphatic rings. The number of ether oxygens (including phenoxy) is 3. The maximum Gasteiger partial charge on any atom is 0.309 e. The van der Waals surface area contributed by atoms with Gasteiger partial charge in [-0.3, -0.25) is 24.5 Å². The van der Waals surface area contributed by atoms with Gasteiger partial charge in [0.25, 0.3) is 5.69 Å². The number of rotatable bonds is 5. The minimum atomic E-state index is -0.587. The first kappa shape index (κ1) is 25.7. The first-order valence-electron chi connectivity index (χ1n) is 11.4. The van der Waals surface area contributed by atoms with Gasteiger partial charge in [0.1, 0.15) is 17.6 Å². The summed E-state index contributed by atoms with van der Waals surface area (Å²) in [5.41, 5.74) is 2.04. The molecule has 2 aromatic rings. The molecule has 2 aromatic carbocycles. The van der Waals surface area contributed by atoms with Gasteiger partial charge in [-0.15, -0.1) is 0 Å². The molecule has 0 radical (unpaired) electrons. The summed E-state index contributed by atoms with van der Waals surface area (Å²) in [7, 11) is 0. The van der Waals surface area contributed by atoms with Crippen LogP contribution in [0.5, 0.6) is 11.5 Å². The number of Topliss-reactive ketones (excluding diaryl/α,β-unsaturated/α-hetero) is 1. The molecule has 2 aliphatic heterocycles. The number of benzene rings is 2. The van der Waals surface area contributed by atoms with E-state index in [4.69, 9.17) is 14.2 Å². The average Bonchev–Trinajstić information content (AvgIpc) is 2.79. The van der Waals surface area contributed by atoms with Crippen LogP contribution in [0.1, 0.15) is 56.0 Å². The van der Waals surface area contributed by atoms with Crippen LogP contribution in [-0.2, 0) is 20.7 Å².